The number of rotatable bonds is 6. The van der Waals surface area contributed by atoms with Gasteiger partial charge in [0.25, 0.3) is 0 Å². The lowest BCUT2D eigenvalue weighted by Gasteiger charge is -2.26. The van der Waals surface area contributed by atoms with E-state index in [1.807, 2.05) is 0 Å². The Morgan fingerprint density at radius 1 is 1.26 bits per heavy atom. The molecule has 2 N–H and O–H groups in total. The summed E-state index contributed by atoms with van der Waals surface area (Å²) in [6, 6.07) is 0.0491. The van der Waals surface area contributed by atoms with E-state index >= 15 is 0 Å². The normalized spacial score (nSPS) is 25.2. The molecule has 0 aromatic rings. The van der Waals surface area contributed by atoms with Crippen LogP contribution >= 0.6 is 0 Å². The predicted octanol–water partition coefficient (Wildman–Crippen LogP) is 0.357. The Morgan fingerprint density at radius 2 is 2.11 bits per heavy atom. The van der Waals surface area contributed by atoms with Gasteiger partial charge in [0.1, 0.15) is 0 Å². The van der Waals surface area contributed by atoms with Crippen LogP contribution in [0.5, 0.6) is 0 Å². The SMILES string of the molecule is O=C(NCCCCN1CCOCC1)[C@H]1CCCCN1. The van der Waals surface area contributed by atoms with Gasteiger partial charge in [-0.15, -0.1) is 0 Å². The van der Waals surface area contributed by atoms with Crippen LogP contribution in [0.15, 0.2) is 0 Å². The zero-order chi connectivity index (χ0) is 13.3. The molecule has 2 fully saturated rings. The first-order chi connectivity index (χ1) is 9.36. The van der Waals surface area contributed by atoms with Gasteiger partial charge in [0, 0.05) is 19.6 Å². The number of hydrogen-bond donors (Lipinski definition) is 2. The zero-order valence-electron chi connectivity index (χ0n) is 11.8. The third-order valence-electron chi connectivity index (χ3n) is 3.93. The van der Waals surface area contributed by atoms with Gasteiger partial charge in [0.05, 0.1) is 19.3 Å². The van der Waals surface area contributed by atoms with Crippen LogP contribution in [0, 0.1) is 0 Å². The number of unbranched alkanes of at least 4 members (excludes halogenated alkanes) is 1. The van der Waals surface area contributed by atoms with Gasteiger partial charge in [-0.2, -0.15) is 0 Å². The molecule has 2 heterocycles. The molecular weight excluding hydrogens is 242 g/mol. The van der Waals surface area contributed by atoms with Crippen LogP contribution < -0.4 is 10.6 Å². The van der Waals surface area contributed by atoms with Crippen LogP contribution in [0.4, 0.5) is 0 Å². The number of ether oxygens (including phenoxy) is 1. The summed E-state index contributed by atoms with van der Waals surface area (Å²) >= 11 is 0. The van der Waals surface area contributed by atoms with Crippen molar-refractivity contribution in [1.29, 1.82) is 0 Å². The molecule has 1 atom stereocenters. The Labute approximate surface area is 116 Å². The van der Waals surface area contributed by atoms with E-state index in [2.05, 4.69) is 15.5 Å². The summed E-state index contributed by atoms with van der Waals surface area (Å²) in [6.07, 6.45) is 5.57. The Balaban J connectivity index is 1.47. The van der Waals surface area contributed by atoms with Crippen molar-refractivity contribution in [2.75, 3.05) is 45.9 Å². The largest absolute Gasteiger partial charge is 0.379 e. The van der Waals surface area contributed by atoms with Gasteiger partial charge in [0.2, 0.25) is 5.91 Å². The van der Waals surface area contributed by atoms with E-state index in [-0.39, 0.29) is 11.9 Å². The molecule has 110 valence electrons. The molecule has 1 amide bonds. The summed E-state index contributed by atoms with van der Waals surface area (Å²) in [4.78, 5) is 14.3. The van der Waals surface area contributed by atoms with Crippen molar-refractivity contribution in [1.82, 2.24) is 15.5 Å². The molecule has 0 saturated carbocycles. The van der Waals surface area contributed by atoms with E-state index in [0.717, 1.165) is 65.2 Å². The summed E-state index contributed by atoms with van der Waals surface area (Å²) in [5, 5.41) is 6.32. The van der Waals surface area contributed by atoms with Crippen molar-refractivity contribution in [3.63, 3.8) is 0 Å². The van der Waals surface area contributed by atoms with Gasteiger partial charge in [-0.1, -0.05) is 6.42 Å². The van der Waals surface area contributed by atoms with Gasteiger partial charge < -0.3 is 15.4 Å². The molecule has 2 saturated heterocycles. The second-order valence-electron chi connectivity index (χ2n) is 5.45. The number of amides is 1. The van der Waals surface area contributed by atoms with Crippen LogP contribution in [-0.2, 0) is 9.53 Å². The molecule has 5 nitrogen and oxygen atoms in total. The first kappa shape index (κ1) is 14.8. The molecule has 2 aliphatic heterocycles. The number of morpholine rings is 1. The molecule has 2 aliphatic rings. The fourth-order valence-electron chi connectivity index (χ4n) is 2.70. The number of carbonyl (C=O) groups excluding carboxylic acids is 1. The first-order valence-corrected chi connectivity index (χ1v) is 7.67. The van der Waals surface area contributed by atoms with Crippen LogP contribution in [-0.4, -0.2) is 62.8 Å². The van der Waals surface area contributed by atoms with Crippen molar-refractivity contribution in [2.45, 2.75) is 38.1 Å². The fraction of sp³-hybridized carbons (Fsp3) is 0.929. The van der Waals surface area contributed by atoms with E-state index in [0.29, 0.717) is 0 Å². The van der Waals surface area contributed by atoms with E-state index in [9.17, 15) is 4.79 Å². The Morgan fingerprint density at radius 3 is 2.84 bits per heavy atom. The average molecular weight is 269 g/mol. The monoisotopic (exact) mass is 269 g/mol. The van der Waals surface area contributed by atoms with E-state index in [4.69, 9.17) is 4.74 Å². The molecule has 0 radical (unpaired) electrons. The molecule has 0 bridgehead atoms. The maximum Gasteiger partial charge on any atom is 0.237 e. The Kier molecular flexibility index (Phi) is 6.61. The maximum absolute atomic E-state index is 11.9. The highest BCUT2D eigenvalue weighted by molar-refractivity contribution is 5.81. The molecule has 2 rings (SSSR count). The van der Waals surface area contributed by atoms with Crippen LogP contribution in [0.3, 0.4) is 0 Å². The van der Waals surface area contributed by atoms with Crippen LogP contribution in [0.25, 0.3) is 0 Å². The number of nitrogens with zero attached hydrogens (tertiary/aromatic N) is 1. The minimum Gasteiger partial charge on any atom is -0.379 e. The standard InChI is InChI=1S/C14H27N3O2/c18-14(13-5-1-2-6-15-13)16-7-3-4-8-17-9-11-19-12-10-17/h13,15H,1-12H2,(H,16,18)/t13-/m1/s1. The molecule has 19 heavy (non-hydrogen) atoms. The van der Waals surface area contributed by atoms with Crippen molar-refractivity contribution < 1.29 is 9.53 Å². The lowest BCUT2D eigenvalue weighted by Crippen LogP contribution is -2.46. The lowest BCUT2D eigenvalue weighted by molar-refractivity contribution is -0.123. The van der Waals surface area contributed by atoms with E-state index in [1.165, 1.54) is 12.8 Å². The minimum atomic E-state index is 0.0491. The number of hydrogen-bond acceptors (Lipinski definition) is 4. The second kappa shape index (κ2) is 8.51. The Bertz CT molecular complexity index is 261. The highest BCUT2D eigenvalue weighted by atomic mass is 16.5. The van der Waals surface area contributed by atoms with Crippen LogP contribution in [0.2, 0.25) is 0 Å². The van der Waals surface area contributed by atoms with Gasteiger partial charge in [-0.25, -0.2) is 0 Å². The smallest absolute Gasteiger partial charge is 0.237 e. The molecule has 0 unspecified atom stereocenters. The van der Waals surface area contributed by atoms with Crippen molar-refractivity contribution in [3.8, 4) is 0 Å². The van der Waals surface area contributed by atoms with E-state index in [1.54, 1.807) is 0 Å². The highest BCUT2D eigenvalue weighted by Crippen LogP contribution is 2.06. The van der Waals surface area contributed by atoms with Gasteiger partial charge in [-0.05, 0) is 38.8 Å². The summed E-state index contributed by atoms with van der Waals surface area (Å²) in [7, 11) is 0. The number of carbonyl (C=O) groups is 1. The van der Waals surface area contributed by atoms with Crippen molar-refractivity contribution in [2.24, 2.45) is 0 Å². The zero-order valence-corrected chi connectivity index (χ0v) is 11.8. The topological polar surface area (TPSA) is 53.6 Å². The molecule has 0 spiro atoms. The summed E-state index contributed by atoms with van der Waals surface area (Å²) < 4.78 is 5.32. The number of nitrogens with one attached hydrogen (secondary N) is 2. The minimum absolute atomic E-state index is 0.0491. The Hall–Kier alpha value is -0.650. The summed E-state index contributed by atoms with van der Waals surface area (Å²) in [5.41, 5.74) is 0. The van der Waals surface area contributed by atoms with Crippen molar-refractivity contribution >= 4 is 5.91 Å². The fourth-order valence-corrected chi connectivity index (χ4v) is 2.70. The molecule has 5 heteroatoms. The average Bonchev–Trinajstić information content (AvgIpc) is 2.49. The number of piperidine rings is 1. The maximum atomic E-state index is 11.9. The summed E-state index contributed by atoms with van der Waals surface area (Å²) in [6.45, 7) is 6.75. The quantitative estimate of drug-likeness (QED) is 0.684. The highest BCUT2D eigenvalue weighted by Gasteiger charge is 2.19. The van der Waals surface area contributed by atoms with Crippen molar-refractivity contribution in [3.05, 3.63) is 0 Å². The van der Waals surface area contributed by atoms with Crippen LogP contribution in [0.1, 0.15) is 32.1 Å². The third kappa shape index (κ3) is 5.47. The van der Waals surface area contributed by atoms with Gasteiger partial charge in [0.15, 0.2) is 0 Å². The van der Waals surface area contributed by atoms with Gasteiger partial charge in [-0.3, -0.25) is 9.69 Å². The predicted molar refractivity (Wildman–Crippen MR) is 75.1 cm³/mol. The van der Waals surface area contributed by atoms with E-state index < -0.39 is 0 Å². The lowest BCUT2D eigenvalue weighted by atomic mass is 10.0. The van der Waals surface area contributed by atoms with Gasteiger partial charge >= 0.3 is 0 Å². The third-order valence-corrected chi connectivity index (χ3v) is 3.93. The summed E-state index contributed by atoms with van der Waals surface area (Å²) in [5.74, 6) is 0.186. The molecule has 0 aliphatic carbocycles. The first-order valence-electron chi connectivity index (χ1n) is 7.67. The molecular formula is C14H27N3O2. The second-order valence-corrected chi connectivity index (χ2v) is 5.45. The molecule has 0 aromatic heterocycles. The molecule has 0 aromatic carbocycles.